The summed E-state index contributed by atoms with van der Waals surface area (Å²) < 4.78 is 0. The lowest BCUT2D eigenvalue weighted by molar-refractivity contribution is -0.133. The summed E-state index contributed by atoms with van der Waals surface area (Å²) in [5.41, 5.74) is 1.64. The van der Waals surface area contributed by atoms with E-state index in [-0.39, 0.29) is 11.9 Å². The zero-order valence-corrected chi connectivity index (χ0v) is 14.7. The highest BCUT2D eigenvalue weighted by Gasteiger charge is 2.44. The van der Waals surface area contributed by atoms with Crippen LogP contribution < -0.4 is 0 Å². The van der Waals surface area contributed by atoms with Crippen LogP contribution in [-0.4, -0.2) is 22.6 Å². The fraction of sp³-hybridized carbons (Fsp3) is 0.421. The zero-order valence-electron chi connectivity index (χ0n) is 13.9. The molecule has 0 saturated heterocycles. The molecule has 118 valence electrons. The Balaban J connectivity index is 2.48. The molecular formula is C19H25NOS. The highest BCUT2D eigenvalue weighted by Crippen LogP contribution is 2.42. The van der Waals surface area contributed by atoms with Gasteiger partial charge in [0.05, 0.1) is 5.41 Å². The van der Waals surface area contributed by atoms with Crippen molar-refractivity contribution in [3.63, 3.8) is 0 Å². The fourth-order valence-corrected chi connectivity index (χ4v) is 3.34. The Bertz CT molecular complexity index is 576. The summed E-state index contributed by atoms with van der Waals surface area (Å²) in [6.07, 6.45) is 5.01. The summed E-state index contributed by atoms with van der Waals surface area (Å²) in [5, 5.41) is 2.07. The molecular weight excluding hydrogens is 290 g/mol. The number of benzene rings is 1. The van der Waals surface area contributed by atoms with E-state index in [1.165, 1.54) is 0 Å². The van der Waals surface area contributed by atoms with Crippen molar-refractivity contribution < 1.29 is 4.79 Å². The average Bonchev–Trinajstić information content (AvgIpc) is 2.82. The average molecular weight is 315 g/mol. The molecule has 1 amide bonds. The second-order valence-corrected chi connectivity index (χ2v) is 7.00. The molecule has 0 fully saturated rings. The van der Waals surface area contributed by atoms with Crippen LogP contribution in [0.5, 0.6) is 0 Å². The monoisotopic (exact) mass is 315 g/mol. The number of rotatable bonds is 6. The third kappa shape index (κ3) is 3.14. The van der Waals surface area contributed by atoms with E-state index in [9.17, 15) is 4.79 Å². The highest BCUT2D eigenvalue weighted by atomic mass is 32.2. The van der Waals surface area contributed by atoms with Gasteiger partial charge in [0, 0.05) is 11.7 Å². The van der Waals surface area contributed by atoms with Crippen LogP contribution in [0, 0.1) is 5.41 Å². The Hall–Kier alpha value is -1.48. The van der Waals surface area contributed by atoms with Gasteiger partial charge >= 0.3 is 0 Å². The second kappa shape index (κ2) is 7.19. The van der Waals surface area contributed by atoms with Gasteiger partial charge in [0.25, 0.3) is 0 Å². The summed E-state index contributed by atoms with van der Waals surface area (Å²) in [7, 11) is 0. The van der Waals surface area contributed by atoms with Gasteiger partial charge in [-0.3, -0.25) is 4.79 Å². The number of hydrogen-bond donors (Lipinski definition) is 0. The van der Waals surface area contributed by atoms with Crippen LogP contribution in [0.1, 0.15) is 39.7 Å². The fourth-order valence-electron chi connectivity index (χ4n) is 2.81. The molecule has 1 atom stereocenters. The van der Waals surface area contributed by atoms with Crippen molar-refractivity contribution in [1.82, 2.24) is 4.90 Å². The van der Waals surface area contributed by atoms with E-state index in [4.69, 9.17) is 0 Å². The molecule has 0 radical (unpaired) electrons. The van der Waals surface area contributed by atoms with Crippen LogP contribution in [0.3, 0.4) is 0 Å². The lowest BCUT2D eigenvalue weighted by Gasteiger charge is -2.28. The molecule has 2 nitrogen and oxygen atoms in total. The Morgan fingerprint density at radius 3 is 2.45 bits per heavy atom. The number of thioether (sulfide) groups is 1. The maximum absolute atomic E-state index is 13.1. The van der Waals surface area contributed by atoms with Gasteiger partial charge in [-0.25, -0.2) is 0 Å². The van der Waals surface area contributed by atoms with Gasteiger partial charge in [-0.2, -0.15) is 0 Å². The van der Waals surface area contributed by atoms with Gasteiger partial charge < -0.3 is 4.90 Å². The van der Waals surface area contributed by atoms with Crippen molar-refractivity contribution in [2.45, 2.75) is 40.2 Å². The molecule has 0 saturated carbocycles. The van der Waals surface area contributed by atoms with E-state index < -0.39 is 5.41 Å². The number of carbonyl (C=O) groups excluding carboxylic acids is 1. The Labute approximate surface area is 138 Å². The van der Waals surface area contributed by atoms with E-state index in [0.29, 0.717) is 0 Å². The summed E-state index contributed by atoms with van der Waals surface area (Å²) in [5.74, 6) is 1.21. The Morgan fingerprint density at radius 1 is 1.23 bits per heavy atom. The highest BCUT2D eigenvalue weighted by molar-refractivity contribution is 8.02. The van der Waals surface area contributed by atoms with E-state index in [1.807, 2.05) is 23.1 Å². The molecule has 1 unspecified atom stereocenters. The maximum Gasteiger partial charge on any atom is 0.241 e. The quantitative estimate of drug-likeness (QED) is 0.741. The zero-order chi connectivity index (χ0) is 16.2. The minimum Gasteiger partial charge on any atom is -0.309 e. The van der Waals surface area contributed by atoms with Crippen molar-refractivity contribution in [3.05, 3.63) is 53.5 Å². The third-order valence-corrected chi connectivity index (χ3v) is 4.73. The van der Waals surface area contributed by atoms with Gasteiger partial charge in [0.1, 0.15) is 0 Å². The van der Waals surface area contributed by atoms with E-state index in [0.717, 1.165) is 23.4 Å². The first kappa shape index (κ1) is 16.9. The second-order valence-electron chi connectivity index (χ2n) is 5.82. The van der Waals surface area contributed by atoms with Crippen LogP contribution in [0.15, 0.2) is 47.9 Å². The molecule has 0 aliphatic carbocycles. The molecule has 2 rings (SSSR count). The maximum atomic E-state index is 13.1. The predicted molar refractivity (Wildman–Crippen MR) is 96.4 cm³/mol. The number of hydrogen-bond acceptors (Lipinski definition) is 2. The van der Waals surface area contributed by atoms with Crippen molar-refractivity contribution >= 4 is 23.4 Å². The van der Waals surface area contributed by atoms with Crippen molar-refractivity contribution in [1.29, 1.82) is 0 Å². The van der Waals surface area contributed by atoms with E-state index in [2.05, 4.69) is 57.4 Å². The molecule has 1 aliphatic rings. The number of carbonyl (C=O) groups is 1. The molecule has 1 aliphatic heterocycles. The van der Waals surface area contributed by atoms with Crippen molar-refractivity contribution in [2.24, 2.45) is 5.41 Å². The summed E-state index contributed by atoms with van der Waals surface area (Å²) in [4.78, 5) is 15.0. The molecule has 0 spiro atoms. The Morgan fingerprint density at radius 2 is 1.91 bits per heavy atom. The Kier molecular flexibility index (Phi) is 5.52. The predicted octanol–water partition coefficient (Wildman–Crippen LogP) is 4.94. The van der Waals surface area contributed by atoms with Gasteiger partial charge in [-0.1, -0.05) is 50.3 Å². The largest absolute Gasteiger partial charge is 0.309 e. The van der Waals surface area contributed by atoms with Crippen LogP contribution in [0.2, 0.25) is 0 Å². The summed E-state index contributed by atoms with van der Waals surface area (Å²) >= 11 is 1.74. The number of amides is 1. The summed E-state index contributed by atoms with van der Waals surface area (Å²) in [6, 6.07) is 10.3. The molecule has 0 bridgehead atoms. The molecule has 0 aromatic heterocycles. The minimum atomic E-state index is -0.502. The van der Waals surface area contributed by atoms with Crippen molar-refractivity contribution in [2.75, 3.05) is 5.75 Å². The van der Waals surface area contributed by atoms with E-state index in [1.54, 1.807) is 11.8 Å². The first-order valence-electron chi connectivity index (χ1n) is 7.97. The third-order valence-electron chi connectivity index (χ3n) is 4.07. The molecule has 1 aromatic rings. The molecule has 1 heterocycles. The normalized spacial score (nSPS) is 22.0. The van der Waals surface area contributed by atoms with Crippen LogP contribution in [0.25, 0.3) is 5.70 Å². The first-order chi connectivity index (χ1) is 10.6. The lowest BCUT2D eigenvalue weighted by atomic mass is 9.85. The van der Waals surface area contributed by atoms with Gasteiger partial charge in [0.15, 0.2) is 0 Å². The van der Waals surface area contributed by atoms with Crippen LogP contribution >= 0.6 is 11.8 Å². The minimum absolute atomic E-state index is 0.152. The summed E-state index contributed by atoms with van der Waals surface area (Å²) in [6.45, 7) is 8.35. The number of nitrogens with zero attached hydrogens (tertiary/aromatic N) is 1. The standard InChI is InChI=1S/C19H25NOS/c1-5-19(12-13-22-6-2)14-17(16-10-8-7-9-11-16)20(15(3)4)18(19)21/h7-15H,5-6H2,1-4H3/b13-12-. The lowest BCUT2D eigenvalue weighted by Crippen LogP contribution is -2.38. The van der Waals surface area contributed by atoms with Crippen LogP contribution in [0.4, 0.5) is 0 Å². The smallest absolute Gasteiger partial charge is 0.241 e. The first-order valence-corrected chi connectivity index (χ1v) is 9.02. The molecule has 3 heteroatoms. The van der Waals surface area contributed by atoms with Gasteiger partial charge in [-0.15, -0.1) is 11.8 Å². The van der Waals surface area contributed by atoms with Crippen molar-refractivity contribution in [3.8, 4) is 0 Å². The molecule has 22 heavy (non-hydrogen) atoms. The van der Waals surface area contributed by atoms with Gasteiger partial charge in [0.2, 0.25) is 5.91 Å². The SMILES string of the molecule is CCS/C=C\C1(CC)C=C(c2ccccc2)N(C(C)C)C1=O. The molecule has 0 N–H and O–H groups in total. The van der Waals surface area contributed by atoms with Crippen LogP contribution in [-0.2, 0) is 4.79 Å². The topological polar surface area (TPSA) is 20.3 Å². The van der Waals surface area contributed by atoms with E-state index >= 15 is 0 Å². The molecule has 1 aromatic carbocycles. The van der Waals surface area contributed by atoms with Gasteiger partial charge in [-0.05, 0) is 43.1 Å².